The van der Waals surface area contributed by atoms with Gasteiger partial charge in [0.05, 0.1) is 13.2 Å². The highest BCUT2D eigenvalue weighted by atomic mass is 16.5. The van der Waals surface area contributed by atoms with E-state index in [1.807, 2.05) is 0 Å². The Morgan fingerprint density at radius 3 is 2.67 bits per heavy atom. The minimum Gasteiger partial charge on any atom is -0.379 e. The molecule has 0 unspecified atom stereocenters. The van der Waals surface area contributed by atoms with E-state index in [-0.39, 0.29) is 0 Å². The molecule has 0 aromatic heterocycles. The molecule has 2 saturated heterocycles. The first kappa shape index (κ1) is 16.5. The third-order valence-corrected chi connectivity index (χ3v) is 4.42. The maximum Gasteiger partial charge on any atom is 0.188 e. The molecule has 0 aliphatic carbocycles. The number of aliphatic imine (C=N–C) groups is 1. The van der Waals surface area contributed by atoms with Crippen molar-refractivity contribution in [1.82, 2.24) is 15.1 Å². The lowest BCUT2D eigenvalue weighted by atomic mass is 9.97. The number of hydrogen-bond donors (Lipinski definition) is 2. The van der Waals surface area contributed by atoms with Crippen LogP contribution in [0.3, 0.4) is 0 Å². The quantitative estimate of drug-likeness (QED) is 0.409. The van der Waals surface area contributed by atoms with Gasteiger partial charge in [0.2, 0.25) is 0 Å². The molecule has 0 atom stereocenters. The van der Waals surface area contributed by atoms with E-state index in [2.05, 4.69) is 27.2 Å². The third kappa shape index (κ3) is 6.63. The third-order valence-electron chi connectivity index (χ3n) is 4.42. The van der Waals surface area contributed by atoms with Crippen LogP contribution in [0.25, 0.3) is 0 Å². The van der Waals surface area contributed by atoms with Gasteiger partial charge in [0.25, 0.3) is 0 Å². The number of morpholine rings is 1. The summed E-state index contributed by atoms with van der Waals surface area (Å²) in [4.78, 5) is 9.31. The van der Waals surface area contributed by atoms with Crippen molar-refractivity contribution in [3.63, 3.8) is 0 Å². The van der Waals surface area contributed by atoms with Crippen LogP contribution < -0.4 is 11.1 Å². The molecule has 2 heterocycles. The molecular weight excluding hydrogens is 266 g/mol. The molecule has 0 amide bonds. The summed E-state index contributed by atoms with van der Waals surface area (Å²) in [5, 5.41) is 3.23. The molecule has 122 valence electrons. The van der Waals surface area contributed by atoms with Gasteiger partial charge in [-0.1, -0.05) is 0 Å². The van der Waals surface area contributed by atoms with Crippen LogP contribution in [-0.2, 0) is 4.74 Å². The Labute approximate surface area is 128 Å². The summed E-state index contributed by atoms with van der Waals surface area (Å²) in [5.41, 5.74) is 5.93. The largest absolute Gasteiger partial charge is 0.379 e. The zero-order chi connectivity index (χ0) is 14.9. The number of ether oxygens (including phenoxy) is 1. The van der Waals surface area contributed by atoms with E-state index in [0.29, 0.717) is 11.9 Å². The maximum absolute atomic E-state index is 5.93. The van der Waals surface area contributed by atoms with Gasteiger partial charge in [0.1, 0.15) is 0 Å². The Morgan fingerprint density at radius 1 is 1.24 bits per heavy atom. The number of likely N-dealkylation sites (tertiary alicyclic amines) is 1. The Morgan fingerprint density at radius 2 is 1.95 bits per heavy atom. The van der Waals surface area contributed by atoms with Gasteiger partial charge in [0, 0.05) is 26.2 Å². The van der Waals surface area contributed by atoms with Crippen LogP contribution in [0, 0.1) is 5.92 Å². The van der Waals surface area contributed by atoms with E-state index in [4.69, 9.17) is 10.5 Å². The summed E-state index contributed by atoms with van der Waals surface area (Å²) in [7, 11) is 2.18. The van der Waals surface area contributed by atoms with Gasteiger partial charge in [0.15, 0.2) is 5.96 Å². The van der Waals surface area contributed by atoms with Crippen molar-refractivity contribution in [2.45, 2.75) is 19.3 Å². The van der Waals surface area contributed by atoms with Gasteiger partial charge in [-0.2, -0.15) is 0 Å². The van der Waals surface area contributed by atoms with Crippen LogP contribution in [0.5, 0.6) is 0 Å². The van der Waals surface area contributed by atoms with Crippen molar-refractivity contribution >= 4 is 5.96 Å². The van der Waals surface area contributed by atoms with Gasteiger partial charge in [-0.25, -0.2) is 0 Å². The van der Waals surface area contributed by atoms with Gasteiger partial charge in [-0.05, 0) is 51.9 Å². The zero-order valence-electron chi connectivity index (χ0n) is 13.4. The Bertz CT molecular complexity index is 309. The van der Waals surface area contributed by atoms with Crippen LogP contribution in [0.1, 0.15) is 19.3 Å². The van der Waals surface area contributed by atoms with Gasteiger partial charge in [-0.3, -0.25) is 9.89 Å². The number of guanidine groups is 1. The summed E-state index contributed by atoms with van der Waals surface area (Å²) in [5.74, 6) is 1.31. The van der Waals surface area contributed by atoms with E-state index < -0.39 is 0 Å². The number of hydrogen-bond acceptors (Lipinski definition) is 4. The lowest BCUT2D eigenvalue weighted by Gasteiger charge is -2.28. The van der Waals surface area contributed by atoms with Gasteiger partial charge >= 0.3 is 0 Å². The lowest BCUT2D eigenvalue weighted by molar-refractivity contribution is 0.0376. The van der Waals surface area contributed by atoms with Gasteiger partial charge in [-0.15, -0.1) is 0 Å². The lowest BCUT2D eigenvalue weighted by Crippen LogP contribution is -2.39. The second kappa shape index (κ2) is 9.23. The molecule has 0 aromatic rings. The number of nitrogens with zero attached hydrogens (tertiary/aromatic N) is 3. The zero-order valence-corrected chi connectivity index (χ0v) is 13.4. The molecule has 0 spiro atoms. The fourth-order valence-electron chi connectivity index (χ4n) is 2.87. The first-order chi connectivity index (χ1) is 10.2. The smallest absolute Gasteiger partial charge is 0.188 e. The molecule has 3 N–H and O–H groups in total. The van der Waals surface area contributed by atoms with Crippen molar-refractivity contribution in [3.8, 4) is 0 Å². The highest BCUT2D eigenvalue weighted by Crippen LogP contribution is 2.15. The van der Waals surface area contributed by atoms with E-state index in [1.54, 1.807) is 0 Å². The van der Waals surface area contributed by atoms with Crippen molar-refractivity contribution in [3.05, 3.63) is 0 Å². The van der Waals surface area contributed by atoms with E-state index in [1.165, 1.54) is 25.9 Å². The standard InChI is InChI=1S/C15H31N5O/c1-19-7-3-14(4-8-19)13-18-15(16)17-5-2-6-20-9-11-21-12-10-20/h14H,2-13H2,1H3,(H3,16,17,18). The van der Waals surface area contributed by atoms with Crippen LogP contribution in [0.2, 0.25) is 0 Å². The molecule has 0 saturated carbocycles. The summed E-state index contributed by atoms with van der Waals surface area (Å²) in [6, 6.07) is 0. The molecule has 21 heavy (non-hydrogen) atoms. The summed E-state index contributed by atoms with van der Waals surface area (Å²) < 4.78 is 5.34. The summed E-state index contributed by atoms with van der Waals surface area (Å²) in [6.07, 6.45) is 3.58. The van der Waals surface area contributed by atoms with Crippen molar-refractivity contribution in [2.75, 3.05) is 66.1 Å². The second-order valence-electron chi connectivity index (χ2n) is 6.21. The molecule has 2 aliphatic rings. The van der Waals surface area contributed by atoms with Crippen LogP contribution in [0.4, 0.5) is 0 Å². The average molecular weight is 297 g/mol. The summed E-state index contributed by atoms with van der Waals surface area (Å²) >= 11 is 0. The molecule has 6 heteroatoms. The Balaban J connectivity index is 1.52. The van der Waals surface area contributed by atoms with E-state index >= 15 is 0 Å². The maximum atomic E-state index is 5.93. The second-order valence-corrected chi connectivity index (χ2v) is 6.21. The highest BCUT2D eigenvalue weighted by molar-refractivity contribution is 5.77. The first-order valence-electron chi connectivity index (χ1n) is 8.26. The minimum atomic E-state index is 0.607. The number of nitrogens with two attached hydrogens (primary N) is 1. The molecule has 2 aliphatic heterocycles. The van der Waals surface area contributed by atoms with Crippen molar-refractivity contribution in [1.29, 1.82) is 0 Å². The number of nitrogens with one attached hydrogen (secondary N) is 1. The predicted octanol–water partition coefficient (Wildman–Crippen LogP) is -0.0452. The molecule has 0 bridgehead atoms. The molecule has 0 radical (unpaired) electrons. The minimum absolute atomic E-state index is 0.607. The molecule has 6 nitrogen and oxygen atoms in total. The first-order valence-corrected chi connectivity index (χ1v) is 8.26. The molecule has 2 rings (SSSR count). The SMILES string of the molecule is CN1CCC(CN=C(N)NCCCN2CCOCC2)CC1. The molecule has 2 fully saturated rings. The Hall–Kier alpha value is -0.850. The number of piperidine rings is 1. The number of rotatable bonds is 6. The average Bonchev–Trinajstić information content (AvgIpc) is 2.52. The molecule has 0 aromatic carbocycles. The van der Waals surface area contributed by atoms with Crippen molar-refractivity contribution < 1.29 is 4.74 Å². The van der Waals surface area contributed by atoms with Crippen LogP contribution in [-0.4, -0.2) is 81.8 Å². The fourth-order valence-corrected chi connectivity index (χ4v) is 2.87. The molecular formula is C15H31N5O. The predicted molar refractivity (Wildman–Crippen MR) is 86.6 cm³/mol. The van der Waals surface area contributed by atoms with Crippen molar-refractivity contribution in [2.24, 2.45) is 16.6 Å². The highest BCUT2D eigenvalue weighted by Gasteiger charge is 2.16. The van der Waals surface area contributed by atoms with Crippen LogP contribution in [0.15, 0.2) is 4.99 Å². The normalized spacial score (nSPS) is 23.4. The van der Waals surface area contributed by atoms with Gasteiger partial charge < -0.3 is 20.7 Å². The fraction of sp³-hybridized carbons (Fsp3) is 0.933. The van der Waals surface area contributed by atoms with E-state index in [0.717, 1.165) is 52.4 Å². The Kier molecular flexibility index (Phi) is 7.26. The topological polar surface area (TPSA) is 66.1 Å². The van der Waals surface area contributed by atoms with E-state index in [9.17, 15) is 0 Å². The van der Waals surface area contributed by atoms with Crippen LogP contribution >= 0.6 is 0 Å². The monoisotopic (exact) mass is 297 g/mol. The summed E-state index contributed by atoms with van der Waals surface area (Å²) in [6.45, 7) is 9.11.